The predicted molar refractivity (Wildman–Crippen MR) is 24.5 cm³/mol. The third-order valence-electron chi connectivity index (χ3n) is 0.500. The predicted octanol–water partition coefficient (Wildman–Crippen LogP) is -0.207. The van der Waals surface area contributed by atoms with E-state index in [1.807, 2.05) is 7.05 Å². The first-order valence-electron chi connectivity index (χ1n) is 2.06. The van der Waals surface area contributed by atoms with Crippen LogP contribution in [0.3, 0.4) is 0 Å². The van der Waals surface area contributed by atoms with Gasteiger partial charge in [-0.2, -0.15) is 0 Å². The molecule has 0 aromatic heterocycles. The molecular weight excluding hydrogens is 73.0 g/mol. The van der Waals surface area contributed by atoms with Crippen molar-refractivity contribution in [1.82, 2.24) is 5.32 Å². The summed E-state index contributed by atoms with van der Waals surface area (Å²) in [5.41, 5.74) is 0. The molecule has 0 fully saturated rings. The molecule has 0 saturated heterocycles. The fraction of sp³-hybridized carbons (Fsp3) is 1.00. The van der Waals surface area contributed by atoms with Crippen LogP contribution in [0.15, 0.2) is 0 Å². The Labute approximate surface area is 50.6 Å². The van der Waals surface area contributed by atoms with Gasteiger partial charge in [-0.15, -0.1) is 0 Å². The Bertz CT molecular complexity index is 14.4. The third-order valence-corrected chi connectivity index (χ3v) is 1.000. The molecule has 0 aromatic rings. The summed E-state index contributed by atoms with van der Waals surface area (Å²) in [6.45, 7) is 1.20. The molecule has 0 unspecified atom stereocenters. The van der Waals surface area contributed by atoms with Crippen molar-refractivity contribution in [2.75, 3.05) is 13.6 Å². The molecule has 1 N–H and O–H groups in total. The van der Waals surface area contributed by atoms with Gasteiger partial charge in [0.2, 0.25) is 0 Å². The van der Waals surface area contributed by atoms with E-state index in [2.05, 4.69) is 5.32 Å². The molecule has 0 aliphatic heterocycles. The molecule has 0 bridgehead atoms. The Kier molecular flexibility index (Phi) is 5.91. The Balaban J connectivity index is 2.19. The molecule has 0 amide bonds. The summed E-state index contributed by atoms with van der Waals surface area (Å²) < 4.78 is 1.37. The second-order valence-electron chi connectivity index (χ2n) is 1.10. The van der Waals surface area contributed by atoms with Crippen molar-refractivity contribution >= 4 is 27.9 Å². The Hall–Kier alpha value is 0.960. The summed E-state index contributed by atoms with van der Waals surface area (Å²) in [7, 11) is 1.98. The van der Waals surface area contributed by atoms with Crippen LogP contribution in [0.5, 0.6) is 0 Å². The maximum absolute atomic E-state index is 3.05. The molecule has 26 valence electrons. The van der Waals surface area contributed by atoms with Crippen molar-refractivity contribution in [1.29, 1.82) is 0 Å². The van der Waals surface area contributed by atoms with Gasteiger partial charge in [0.25, 0.3) is 0 Å². The first kappa shape index (κ1) is 5.96. The summed E-state index contributed by atoms with van der Waals surface area (Å²) >= 11 is 1.34. The number of hydrogen-bond acceptors (Lipinski definition) is 1. The third kappa shape index (κ3) is 4.96. The van der Waals surface area contributed by atoms with Gasteiger partial charge in [0, 0.05) is 0 Å². The molecule has 0 aliphatic carbocycles. The average Bonchev–Trinajstić information content (AvgIpc) is 1.41. The van der Waals surface area contributed by atoms with E-state index in [1.165, 1.54) is 38.1 Å². The van der Waals surface area contributed by atoms with Crippen LogP contribution in [0.4, 0.5) is 0 Å². The molecular formula is C3H8NNa. The van der Waals surface area contributed by atoms with E-state index in [4.69, 9.17) is 0 Å². The zero-order chi connectivity index (χ0) is 4.12. The zero-order valence-corrected chi connectivity index (χ0v) is 5.91. The Morgan fingerprint density at radius 1 is 1.80 bits per heavy atom. The van der Waals surface area contributed by atoms with Crippen molar-refractivity contribution in [3.05, 3.63) is 0 Å². The monoisotopic (exact) mass is 81.1 g/mol. The van der Waals surface area contributed by atoms with Crippen LogP contribution in [-0.4, -0.2) is 41.5 Å². The molecule has 0 spiro atoms. The number of nitrogens with one attached hydrogen (secondary N) is 1. The van der Waals surface area contributed by atoms with Crippen LogP contribution in [-0.2, 0) is 0 Å². The van der Waals surface area contributed by atoms with E-state index in [9.17, 15) is 0 Å². The maximum atomic E-state index is 3.05. The summed E-state index contributed by atoms with van der Waals surface area (Å²) in [4.78, 5) is 0. The zero-order valence-electron chi connectivity index (χ0n) is 3.91. The van der Waals surface area contributed by atoms with E-state index < -0.39 is 0 Å². The molecule has 0 atom stereocenters. The molecule has 5 heavy (non-hydrogen) atoms. The minimum atomic E-state index is 1.20. The van der Waals surface area contributed by atoms with Crippen molar-refractivity contribution in [2.24, 2.45) is 0 Å². The molecule has 1 nitrogen and oxygen atoms in total. The first-order valence-corrected chi connectivity index (χ1v) is 3.47. The van der Waals surface area contributed by atoms with Crippen molar-refractivity contribution < 1.29 is 0 Å². The topological polar surface area (TPSA) is 12.0 Å². The van der Waals surface area contributed by atoms with Crippen molar-refractivity contribution in [2.45, 2.75) is 3.67 Å². The van der Waals surface area contributed by atoms with E-state index in [-0.39, 0.29) is 0 Å². The molecule has 0 rings (SSSR count). The quantitative estimate of drug-likeness (QED) is 0.454. The van der Waals surface area contributed by atoms with Crippen molar-refractivity contribution in [3.63, 3.8) is 0 Å². The van der Waals surface area contributed by atoms with Gasteiger partial charge in [0.1, 0.15) is 0 Å². The molecule has 2 heteroatoms. The van der Waals surface area contributed by atoms with E-state index in [0.29, 0.717) is 0 Å². The Morgan fingerprint density at radius 3 is 2.40 bits per heavy atom. The summed E-state index contributed by atoms with van der Waals surface area (Å²) in [5, 5.41) is 3.05. The van der Waals surface area contributed by atoms with Gasteiger partial charge in [-0.1, -0.05) is 0 Å². The standard InChI is InChI=1S/C3H8N.Na/c1-3-4-2;/h4H,1,3H2,2H3;. The summed E-state index contributed by atoms with van der Waals surface area (Å²) in [6, 6.07) is 0. The first-order chi connectivity index (χ1) is 2.41. The van der Waals surface area contributed by atoms with Crippen LogP contribution in [0.1, 0.15) is 0 Å². The van der Waals surface area contributed by atoms with Crippen molar-refractivity contribution in [3.8, 4) is 0 Å². The van der Waals surface area contributed by atoms with Gasteiger partial charge in [0.05, 0.1) is 0 Å². The normalized spacial score (nSPS) is 8.60. The number of rotatable bonds is 2. The summed E-state index contributed by atoms with van der Waals surface area (Å²) in [5.74, 6) is 0. The molecule has 0 heterocycles. The van der Waals surface area contributed by atoms with Crippen LogP contribution in [0, 0.1) is 0 Å². The summed E-state index contributed by atoms with van der Waals surface area (Å²) in [6.07, 6.45) is 0. The van der Waals surface area contributed by atoms with Gasteiger partial charge in [-0.05, 0) is 0 Å². The van der Waals surface area contributed by atoms with Crippen LogP contribution < -0.4 is 5.32 Å². The molecule has 0 saturated carbocycles. The van der Waals surface area contributed by atoms with E-state index in [1.54, 1.807) is 0 Å². The van der Waals surface area contributed by atoms with E-state index in [0.717, 1.165) is 0 Å². The van der Waals surface area contributed by atoms with Gasteiger partial charge in [0.15, 0.2) is 0 Å². The fourth-order valence-electron chi connectivity index (χ4n) is 0.250. The second kappa shape index (κ2) is 4.96. The van der Waals surface area contributed by atoms with Gasteiger partial charge >= 0.3 is 50.5 Å². The van der Waals surface area contributed by atoms with E-state index >= 15 is 0 Å². The Morgan fingerprint density at radius 2 is 2.40 bits per heavy atom. The number of hydrogen-bond donors (Lipinski definition) is 1. The van der Waals surface area contributed by atoms with Crippen LogP contribution in [0.25, 0.3) is 0 Å². The minimum absolute atomic E-state index is 1.20. The van der Waals surface area contributed by atoms with Crippen LogP contribution in [0.2, 0.25) is 3.67 Å². The molecule has 0 aliphatic rings. The molecule has 0 aromatic carbocycles. The average molecular weight is 81.1 g/mol. The SMILES string of the molecule is CNC[CH2][Na]. The van der Waals surface area contributed by atoms with Crippen LogP contribution >= 0.6 is 0 Å². The van der Waals surface area contributed by atoms with Gasteiger partial charge in [-0.3, -0.25) is 0 Å². The van der Waals surface area contributed by atoms with Gasteiger partial charge in [-0.25, -0.2) is 0 Å². The molecule has 0 radical (unpaired) electrons. The van der Waals surface area contributed by atoms with Gasteiger partial charge < -0.3 is 0 Å². The second-order valence-corrected chi connectivity index (χ2v) is 2.10. The fourth-order valence-corrected chi connectivity index (χ4v) is 0.750.